The molecule has 0 amide bonds. The fourth-order valence-electron chi connectivity index (χ4n) is 2.11. The molecule has 2 heterocycles. The lowest BCUT2D eigenvalue weighted by atomic mass is 10.0. The summed E-state index contributed by atoms with van der Waals surface area (Å²) in [6.07, 6.45) is 0. The summed E-state index contributed by atoms with van der Waals surface area (Å²) in [5.41, 5.74) is 9.65. The van der Waals surface area contributed by atoms with E-state index in [1.807, 2.05) is 19.1 Å². The van der Waals surface area contributed by atoms with E-state index in [0.29, 0.717) is 22.6 Å². The Morgan fingerprint density at radius 1 is 1.19 bits per heavy atom. The quantitative estimate of drug-likeness (QED) is 0.794. The number of benzene rings is 1. The molecule has 2 N–H and O–H groups in total. The van der Waals surface area contributed by atoms with Gasteiger partial charge in [-0.05, 0) is 29.9 Å². The van der Waals surface area contributed by atoms with Crippen molar-refractivity contribution in [3.05, 3.63) is 35.5 Å². The standard InChI is InChI=1S/C15H16N4OS/c1-8(2)10-4-6-11(7-5-10)14-17-15(20-18-14)12-9(3)19-21-13(12)16/h4-8H,16H2,1-3H3. The van der Waals surface area contributed by atoms with Crippen LogP contribution in [0.25, 0.3) is 22.8 Å². The smallest absolute Gasteiger partial charge is 0.263 e. The lowest BCUT2D eigenvalue weighted by Crippen LogP contribution is -1.88. The summed E-state index contributed by atoms with van der Waals surface area (Å²) in [6, 6.07) is 8.18. The lowest BCUT2D eigenvalue weighted by Gasteiger charge is -2.04. The molecule has 108 valence electrons. The molecule has 0 aliphatic heterocycles. The second-order valence-electron chi connectivity index (χ2n) is 5.21. The first-order chi connectivity index (χ1) is 10.1. The van der Waals surface area contributed by atoms with Gasteiger partial charge in [-0.1, -0.05) is 43.3 Å². The third kappa shape index (κ3) is 2.54. The van der Waals surface area contributed by atoms with E-state index in [1.54, 1.807) is 0 Å². The highest BCUT2D eigenvalue weighted by molar-refractivity contribution is 7.10. The summed E-state index contributed by atoms with van der Waals surface area (Å²) in [6.45, 7) is 6.21. The van der Waals surface area contributed by atoms with Crippen LogP contribution in [-0.4, -0.2) is 14.5 Å². The highest BCUT2D eigenvalue weighted by Gasteiger charge is 2.18. The van der Waals surface area contributed by atoms with E-state index in [4.69, 9.17) is 10.3 Å². The van der Waals surface area contributed by atoms with E-state index < -0.39 is 0 Å². The Balaban J connectivity index is 1.95. The van der Waals surface area contributed by atoms with Crippen LogP contribution in [0.15, 0.2) is 28.8 Å². The zero-order valence-electron chi connectivity index (χ0n) is 12.1. The molecule has 21 heavy (non-hydrogen) atoms. The maximum absolute atomic E-state index is 5.90. The molecule has 3 rings (SSSR count). The van der Waals surface area contributed by atoms with Gasteiger partial charge in [-0.25, -0.2) is 0 Å². The number of rotatable bonds is 3. The molecular formula is C15H16N4OS. The molecule has 0 aliphatic rings. The lowest BCUT2D eigenvalue weighted by molar-refractivity contribution is 0.432. The second kappa shape index (κ2) is 5.29. The van der Waals surface area contributed by atoms with Gasteiger partial charge in [0.05, 0.1) is 11.3 Å². The van der Waals surface area contributed by atoms with Crippen LogP contribution in [0.4, 0.5) is 5.00 Å². The number of anilines is 1. The van der Waals surface area contributed by atoms with E-state index in [-0.39, 0.29) is 0 Å². The number of nitrogens with two attached hydrogens (primary N) is 1. The number of aromatic nitrogens is 3. The normalized spacial score (nSPS) is 11.2. The van der Waals surface area contributed by atoms with Gasteiger partial charge in [-0.2, -0.15) is 9.36 Å². The minimum Gasteiger partial charge on any atom is -0.389 e. The predicted octanol–water partition coefficient (Wildman–Crippen LogP) is 3.87. The molecule has 0 saturated heterocycles. The molecule has 0 fully saturated rings. The van der Waals surface area contributed by atoms with Crippen molar-refractivity contribution in [2.24, 2.45) is 0 Å². The van der Waals surface area contributed by atoms with Crippen LogP contribution in [0.5, 0.6) is 0 Å². The van der Waals surface area contributed by atoms with Crippen molar-refractivity contribution in [1.29, 1.82) is 0 Å². The van der Waals surface area contributed by atoms with Gasteiger partial charge in [-0.3, -0.25) is 0 Å². The van der Waals surface area contributed by atoms with E-state index in [9.17, 15) is 0 Å². The van der Waals surface area contributed by atoms with Crippen LogP contribution in [0.2, 0.25) is 0 Å². The first kappa shape index (κ1) is 13.8. The van der Waals surface area contributed by atoms with Crippen LogP contribution in [-0.2, 0) is 0 Å². The van der Waals surface area contributed by atoms with Crippen LogP contribution in [0, 0.1) is 6.92 Å². The summed E-state index contributed by atoms with van der Waals surface area (Å²) in [5.74, 6) is 1.48. The van der Waals surface area contributed by atoms with Crippen LogP contribution >= 0.6 is 11.5 Å². The molecule has 0 spiro atoms. The maximum Gasteiger partial charge on any atom is 0.263 e. The predicted molar refractivity (Wildman–Crippen MR) is 84.1 cm³/mol. The summed E-state index contributed by atoms with van der Waals surface area (Å²) in [7, 11) is 0. The maximum atomic E-state index is 5.90. The molecule has 0 bridgehead atoms. The molecule has 0 unspecified atom stereocenters. The van der Waals surface area contributed by atoms with Gasteiger partial charge in [0, 0.05) is 5.56 Å². The van der Waals surface area contributed by atoms with Gasteiger partial charge >= 0.3 is 0 Å². The fraction of sp³-hybridized carbons (Fsp3) is 0.267. The summed E-state index contributed by atoms with van der Waals surface area (Å²) >= 11 is 1.24. The van der Waals surface area contributed by atoms with Crippen molar-refractivity contribution in [2.45, 2.75) is 26.7 Å². The van der Waals surface area contributed by atoms with Gasteiger partial charge in [-0.15, -0.1) is 0 Å². The Morgan fingerprint density at radius 2 is 1.90 bits per heavy atom. The Kier molecular flexibility index (Phi) is 3.47. The topological polar surface area (TPSA) is 77.8 Å². The van der Waals surface area contributed by atoms with Crippen molar-refractivity contribution < 1.29 is 4.52 Å². The van der Waals surface area contributed by atoms with Crippen molar-refractivity contribution in [2.75, 3.05) is 5.73 Å². The highest BCUT2D eigenvalue weighted by atomic mass is 32.1. The van der Waals surface area contributed by atoms with E-state index >= 15 is 0 Å². The fourth-order valence-corrected chi connectivity index (χ4v) is 2.76. The third-order valence-electron chi connectivity index (χ3n) is 3.36. The van der Waals surface area contributed by atoms with Crippen molar-refractivity contribution in [1.82, 2.24) is 14.5 Å². The molecule has 6 heteroatoms. The summed E-state index contributed by atoms with van der Waals surface area (Å²) < 4.78 is 9.52. The largest absolute Gasteiger partial charge is 0.389 e. The van der Waals surface area contributed by atoms with Gasteiger partial charge < -0.3 is 10.3 Å². The van der Waals surface area contributed by atoms with E-state index in [1.165, 1.54) is 17.1 Å². The second-order valence-corrected chi connectivity index (χ2v) is 6.01. The van der Waals surface area contributed by atoms with Crippen molar-refractivity contribution >= 4 is 16.5 Å². The Morgan fingerprint density at radius 3 is 2.48 bits per heavy atom. The number of nitrogens with zero attached hydrogens (tertiary/aromatic N) is 3. The molecule has 1 aromatic carbocycles. The molecule has 2 aromatic heterocycles. The molecule has 0 aliphatic carbocycles. The molecule has 0 atom stereocenters. The van der Waals surface area contributed by atoms with Crippen LogP contribution in [0.3, 0.4) is 0 Å². The molecular weight excluding hydrogens is 284 g/mol. The van der Waals surface area contributed by atoms with E-state index in [0.717, 1.165) is 16.8 Å². The van der Waals surface area contributed by atoms with Crippen LogP contribution in [0.1, 0.15) is 31.0 Å². The monoisotopic (exact) mass is 300 g/mol. The van der Waals surface area contributed by atoms with Crippen molar-refractivity contribution in [3.8, 4) is 22.8 Å². The Bertz CT molecular complexity index is 739. The first-order valence-electron chi connectivity index (χ1n) is 6.72. The molecule has 0 radical (unpaired) electrons. The summed E-state index contributed by atoms with van der Waals surface area (Å²) in [4.78, 5) is 4.43. The van der Waals surface area contributed by atoms with Gasteiger partial charge in [0.2, 0.25) is 5.82 Å². The zero-order valence-corrected chi connectivity index (χ0v) is 12.9. The van der Waals surface area contributed by atoms with Crippen molar-refractivity contribution in [3.63, 3.8) is 0 Å². The first-order valence-corrected chi connectivity index (χ1v) is 7.49. The van der Waals surface area contributed by atoms with Crippen LogP contribution < -0.4 is 5.73 Å². The van der Waals surface area contributed by atoms with E-state index in [2.05, 4.69) is 40.5 Å². The average Bonchev–Trinajstić information content (AvgIpc) is 3.06. The minimum absolute atomic E-state index is 0.418. The summed E-state index contributed by atoms with van der Waals surface area (Å²) in [5, 5.41) is 4.63. The Hall–Kier alpha value is -2.21. The average molecular weight is 300 g/mol. The molecule has 3 aromatic rings. The SMILES string of the molecule is Cc1nsc(N)c1-c1nc(-c2ccc(C(C)C)cc2)no1. The number of hydrogen-bond donors (Lipinski definition) is 1. The number of hydrogen-bond acceptors (Lipinski definition) is 6. The highest BCUT2D eigenvalue weighted by Crippen LogP contribution is 2.32. The molecule has 5 nitrogen and oxygen atoms in total. The molecule has 0 saturated carbocycles. The Labute approximate surface area is 127 Å². The number of nitrogen functional groups attached to an aromatic ring is 1. The van der Waals surface area contributed by atoms with Gasteiger partial charge in [0.1, 0.15) is 5.00 Å². The number of aryl methyl sites for hydroxylation is 1. The minimum atomic E-state index is 0.418. The van der Waals surface area contributed by atoms with Gasteiger partial charge in [0.25, 0.3) is 5.89 Å². The zero-order chi connectivity index (χ0) is 15.0. The van der Waals surface area contributed by atoms with Gasteiger partial charge in [0.15, 0.2) is 0 Å². The third-order valence-corrected chi connectivity index (χ3v) is 4.13.